The van der Waals surface area contributed by atoms with Crippen LogP contribution in [0.4, 0.5) is 0 Å². The van der Waals surface area contributed by atoms with Crippen LogP contribution >= 0.6 is 15.9 Å². The Labute approximate surface area is 86.9 Å². The van der Waals surface area contributed by atoms with E-state index in [4.69, 9.17) is 10.8 Å². The van der Waals surface area contributed by atoms with E-state index in [0.717, 1.165) is 10.0 Å². The van der Waals surface area contributed by atoms with E-state index in [1.54, 1.807) is 0 Å². The smallest absolute Gasteiger partial charge is 0.0512 e. The number of aliphatic hydroxyl groups excluding tert-OH is 1. The van der Waals surface area contributed by atoms with Gasteiger partial charge in [-0.15, -0.1) is 0 Å². The van der Waals surface area contributed by atoms with Crippen molar-refractivity contribution in [3.05, 3.63) is 33.8 Å². The zero-order chi connectivity index (χ0) is 9.84. The zero-order valence-corrected chi connectivity index (χ0v) is 9.21. The summed E-state index contributed by atoms with van der Waals surface area (Å²) in [7, 11) is 0. The lowest BCUT2D eigenvalue weighted by molar-refractivity contribution is 0.267. The number of nitrogens with two attached hydrogens (primary N) is 1. The summed E-state index contributed by atoms with van der Waals surface area (Å²) in [5.41, 5.74) is 7.86. The Hall–Kier alpha value is -0.380. The van der Waals surface area contributed by atoms with E-state index in [9.17, 15) is 0 Å². The SMILES string of the molecule is Cc1ccc(Br)cc1C(CN)CO. The van der Waals surface area contributed by atoms with Gasteiger partial charge < -0.3 is 10.8 Å². The van der Waals surface area contributed by atoms with Crippen LogP contribution in [0.15, 0.2) is 22.7 Å². The van der Waals surface area contributed by atoms with E-state index in [-0.39, 0.29) is 12.5 Å². The lowest BCUT2D eigenvalue weighted by atomic mass is 9.96. The number of aryl methyl sites for hydroxylation is 1. The van der Waals surface area contributed by atoms with Gasteiger partial charge in [0.25, 0.3) is 0 Å². The molecule has 0 heterocycles. The largest absolute Gasteiger partial charge is 0.396 e. The van der Waals surface area contributed by atoms with Gasteiger partial charge in [0.2, 0.25) is 0 Å². The van der Waals surface area contributed by atoms with Gasteiger partial charge in [0.15, 0.2) is 0 Å². The second-order valence-corrected chi connectivity index (χ2v) is 4.03. The minimum absolute atomic E-state index is 0.0532. The minimum Gasteiger partial charge on any atom is -0.396 e. The Kier molecular flexibility index (Phi) is 3.90. The van der Waals surface area contributed by atoms with E-state index in [1.165, 1.54) is 5.56 Å². The maximum atomic E-state index is 9.10. The van der Waals surface area contributed by atoms with Gasteiger partial charge in [0.05, 0.1) is 6.61 Å². The molecule has 1 aromatic rings. The predicted octanol–water partition coefficient (Wildman–Crippen LogP) is 1.79. The van der Waals surface area contributed by atoms with Gasteiger partial charge in [0, 0.05) is 16.9 Å². The van der Waals surface area contributed by atoms with Crippen LogP contribution < -0.4 is 5.73 Å². The number of rotatable bonds is 3. The van der Waals surface area contributed by atoms with Crippen LogP contribution in [0.25, 0.3) is 0 Å². The predicted molar refractivity (Wildman–Crippen MR) is 57.8 cm³/mol. The maximum absolute atomic E-state index is 9.10. The van der Waals surface area contributed by atoms with Gasteiger partial charge in [-0.05, 0) is 30.2 Å². The summed E-state index contributed by atoms with van der Waals surface area (Å²) in [6.45, 7) is 2.61. The highest BCUT2D eigenvalue weighted by Gasteiger charge is 2.10. The lowest BCUT2D eigenvalue weighted by Crippen LogP contribution is -2.17. The lowest BCUT2D eigenvalue weighted by Gasteiger charge is -2.14. The molecule has 1 atom stereocenters. The van der Waals surface area contributed by atoms with Crippen LogP contribution in [-0.4, -0.2) is 18.3 Å². The third-order valence-corrected chi connectivity index (χ3v) is 2.68. The van der Waals surface area contributed by atoms with Crippen molar-refractivity contribution in [3.63, 3.8) is 0 Å². The van der Waals surface area contributed by atoms with E-state index >= 15 is 0 Å². The Morgan fingerprint density at radius 3 is 2.77 bits per heavy atom. The Bertz CT molecular complexity index is 284. The minimum atomic E-state index is 0.0532. The molecule has 3 N–H and O–H groups in total. The molecule has 0 radical (unpaired) electrons. The van der Waals surface area contributed by atoms with Crippen LogP contribution in [0.1, 0.15) is 17.0 Å². The summed E-state index contributed by atoms with van der Waals surface area (Å²) < 4.78 is 1.03. The number of hydrogen-bond donors (Lipinski definition) is 2. The fourth-order valence-electron chi connectivity index (χ4n) is 1.35. The average molecular weight is 244 g/mol. The normalized spacial score (nSPS) is 12.9. The van der Waals surface area contributed by atoms with Crippen molar-refractivity contribution in [3.8, 4) is 0 Å². The first kappa shape index (κ1) is 10.7. The van der Waals surface area contributed by atoms with E-state index in [0.29, 0.717) is 6.54 Å². The molecule has 2 nitrogen and oxygen atoms in total. The second-order valence-electron chi connectivity index (χ2n) is 3.12. The molecule has 13 heavy (non-hydrogen) atoms. The quantitative estimate of drug-likeness (QED) is 0.851. The number of aliphatic hydroxyl groups is 1. The molecular weight excluding hydrogens is 230 g/mol. The van der Waals surface area contributed by atoms with Crippen molar-refractivity contribution in [1.29, 1.82) is 0 Å². The molecule has 0 fully saturated rings. The van der Waals surface area contributed by atoms with Crippen LogP contribution in [-0.2, 0) is 0 Å². The van der Waals surface area contributed by atoms with Gasteiger partial charge in [0.1, 0.15) is 0 Å². The van der Waals surface area contributed by atoms with Crippen molar-refractivity contribution in [2.45, 2.75) is 12.8 Å². The fourth-order valence-corrected chi connectivity index (χ4v) is 1.73. The van der Waals surface area contributed by atoms with Gasteiger partial charge >= 0.3 is 0 Å². The molecule has 0 saturated carbocycles. The zero-order valence-electron chi connectivity index (χ0n) is 7.63. The topological polar surface area (TPSA) is 46.2 Å². The first-order chi connectivity index (χ1) is 6.19. The van der Waals surface area contributed by atoms with Crippen LogP contribution in [0.2, 0.25) is 0 Å². The van der Waals surface area contributed by atoms with Crippen molar-refractivity contribution in [2.75, 3.05) is 13.2 Å². The first-order valence-corrected chi connectivity index (χ1v) is 5.05. The van der Waals surface area contributed by atoms with E-state index < -0.39 is 0 Å². The van der Waals surface area contributed by atoms with Crippen molar-refractivity contribution in [2.24, 2.45) is 5.73 Å². The van der Waals surface area contributed by atoms with Crippen LogP contribution in [0.3, 0.4) is 0 Å². The molecule has 0 saturated heterocycles. The van der Waals surface area contributed by atoms with Crippen LogP contribution in [0.5, 0.6) is 0 Å². The van der Waals surface area contributed by atoms with Gasteiger partial charge in [-0.25, -0.2) is 0 Å². The van der Waals surface area contributed by atoms with Crippen molar-refractivity contribution >= 4 is 15.9 Å². The highest BCUT2D eigenvalue weighted by molar-refractivity contribution is 9.10. The molecule has 1 aromatic carbocycles. The Morgan fingerprint density at radius 1 is 1.54 bits per heavy atom. The van der Waals surface area contributed by atoms with Gasteiger partial charge in [-0.1, -0.05) is 22.0 Å². The molecule has 1 rings (SSSR count). The molecule has 0 aromatic heterocycles. The van der Waals surface area contributed by atoms with E-state index in [1.807, 2.05) is 25.1 Å². The Balaban J connectivity index is 3.03. The van der Waals surface area contributed by atoms with Gasteiger partial charge in [-0.2, -0.15) is 0 Å². The first-order valence-electron chi connectivity index (χ1n) is 4.26. The molecule has 0 aliphatic rings. The number of benzene rings is 1. The fraction of sp³-hybridized carbons (Fsp3) is 0.400. The van der Waals surface area contributed by atoms with Crippen molar-refractivity contribution in [1.82, 2.24) is 0 Å². The molecule has 0 bridgehead atoms. The molecule has 0 aliphatic heterocycles. The monoisotopic (exact) mass is 243 g/mol. The molecule has 72 valence electrons. The standard InChI is InChI=1S/C10H14BrNO/c1-7-2-3-9(11)4-10(7)8(5-12)6-13/h2-4,8,13H,5-6,12H2,1H3. The summed E-state index contributed by atoms with van der Waals surface area (Å²) in [5.74, 6) is 0.0532. The molecule has 0 spiro atoms. The Morgan fingerprint density at radius 2 is 2.23 bits per heavy atom. The maximum Gasteiger partial charge on any atom is 0.0512 e. The third-order valence-electron chi connectivity index (χ3n) is 2.19. The highest BCUT2D eigenvalue weighted by Crippen LogP contribution is 2.22. The average Bonchev–Trinajstić information content (AvgIpc) is 2.13. The van der Waals surface area contributed by atoms with Crippen LogP contribution in [0, 0.1) is 6.92 Å². The van der Waals surface area contributed by atoms with E-state index in [2.05, 4.69) is 15.9 Å². The number of hydrogen-bond acceptors (Lipinski definition) is 2. The second kappa shape index (κ2) is 4.74. The highest BCUT2D eigenvalue weighted by atomic mass is 79.9. The summed E-state index contributed by atoms with van der Waals surface area (Å²) >= 11 is 3.40. The summed E-state index contributed by atoms with van der Waals surface area (Å²) in [4.78, 5) is 0. The number of halogens is 1. The summed E-state index contributed by atoms with van der Waals surface area (Å²) in [6.07, 6.45) is 0. The molecule has 0 amide bonds. The summed E-state index contributed by atoms with van der Waals surface area (Å²) in [6, 6.07) is 6.03. The van der Waals surface area contributed by atoms with Gasteiger partial charge in [-0.3, -0.25) is 0 Å². The third kappa shape index (κ3) is 2.53. The molecule has 0 aliphatic carbocycles. The molecule has 3 heteroatoms. The molecular formula is C10H14BrNO. The van der Waals surface area contributed by atoms with Crippen molar-refractivity contribution < 1.29 is 5.11 Å². The summed E-state index contributed by atoms with van der Waals surface area (Å²) in [5, 5.41) is 9.10. The molecule has 1 unspecified atom stereocenters.